The molecule has 0 radical (unpaired) electrons. The molecule has 1 aromatic rings. The third-order valence-corrected chi connectivity index (χ3v) is 2.72. The quantitative estimate of drug-likeness (QED) is 0.781. The summed E-state index contributed by atoms with van der Waals surface area (Å²) in [6, 6.07) is 5.46. The molecule has 4 nitrogen and oxygen atoms in total. The van der Waals surface area contributed by atoms with Gasteiger partial charge in [-0.15, -0.1) is 0 Å². The lowest BCUT2D eigenvalue weighted by Gasteiger charge is -2.10. The molecule has 0 saturated carbocycles. The lowest BCUT2D eigenvalue weighted by molar-refractivity contribution is 0.0952. The van der Waals surface area contributed by atoms with Gasteiger partial charge in [-0.25, -0.2) is 0 Å². The smallest absolute Gasteiger partial charge is 0.251 e. The first kappa shape index (κ1) is 14.5. The summed E-state index contributed by atoms with van der Waals surface area (Å²) in [5, 5.41) is 2.91. The van der Waals surface area contributed by atoms with Gasteiger partial charge in [0.2, 0.25) is 0 Å². The van der Waals surface area contributed by atoms with E-state index < -0.39 is 0 Å². The van der Waals surface area contributed by atoms with E-state index in [1.807, 2.05) is 33.2 Å². The molecule has 0 unspecified atom stereocenters. The molecule has 0 fully saturated rings. The average molecular weight is 250 g/mol. The Bertz CT molecular complexity index is 403. The molecule has 4 heteroatoms. The minimum absolute atomic E-state index is 0.0282. The molecule has 100 valence electrons. The highest BCUT2D eigenvalue weighted by molar-refractivity contribution is 5.94. The molecule has 0 atom stereocenters. The number of hydrogen-bond acceptors (Lipinski definition) is 3. The van der Waals surface area contributed by atoms with Crippen LogP contribution in [0.15, 0.2) is 18.2 Å². The SMILES string of the molecule is COc1ccc(C(=O)NCCCN(C)C)cc1C. The number of ether oxygens (including phenoxy) is 1. The molecule has 1 N–H and O–H groups in total. The minimum Gasteiger partial charge on any atom is -0.496 e. The van der Waals surface area contributed by atoms with E-state index in [-0.39, 0.29) is 5.91 Å². The number of rotatable bonds is 6. The van der Waals surface area contributed by atoms with Gasteiger partial charge in [0.15, 0.2) is 0 Å². The van der Waals surface area contributed by atoms with Gasteiger partial charge in [-0.2, -0.15) is 0 Å². The first-order valence-electron chi connectivity index (χ1n) is 6.12. The van der Waals surface area contributed by atoms with E-state index in [0.717, 1.165) is 24.3 Å². The van der Waals surface area contributed by atoms with Gasteiger partial charge < -0.3 is 15.0 Å². The molecule has 1 amide bonds. The highest BCUT2D eigenvalue weighted by Crippen LogP contribution is 2.18. The summed E-state index contributed by atoms with van der Waals surface area (Å²) in [6.45, 7) is 3.60. The molecule has 0 aliphatic rings. The Balaban J connectivity index is 2.49. The second-order valence-corrected chi connectivity index (χ2v) is 4.60. The van der Waals surface area contributed by atoms with Crippen molar-refractivity contribution in [1.82, 2.24) is 10.2 Å². The van der Waals surface area contributed by atoms with Crippen LogP contribution in [0.3, 0.4) is 0 Å². The van der Waals surface area contributed by atoms with Gasteiger partial charge >= 0.3 is 0 Å². The molecule has 1 rings (SSSR count). The normalized spacial score (nSPS) is 10.5. The van der Waals surface area contributed by atoms with Crippen LogP contribution in [-0.2, 0) is 0 Å². The van der Waals surface area contributed by atoms with E-state index in [9.17, 15) is 4.79 Å². The minimum atomic E-state index is -0.0282. The fraction of sp³-hybridized carbons (Fsp3) is 0.500. The second-order valence-electron chi connectivity index (χ2n) is 4.60. The Morgan fingerprint density at radius 2 is 2.11 bits per heavy atom. The van der Waals surface area contributed by atoms with Gasteiger partial charge in [0.25, 0.3) is 5.91 Å². The Labute approximate surface area is 109 Å². The van der Waals surface area contributed by atoms with Crippen LogP contribution in [-0.4, -0.2) is 45.1 Å². The fourth-order valence-corrected chi connectivity index (χ4v) is 1.72. The molecule has 0 aliphatic heterocycles. The van der Waals surface area contributed by atoms with Crippen LogP contribution in [0.5, 0.6) is 5.75 Å². The van der Waals surface area contributed by atoms with Crippen molar-refractivity contribution in [2.24, 2.45) is 0 Å². The number of nitrogens with one attached hydrogen (secondary N) is 1. The summed E-state index contributed by atoms with van der Waals surface area (Å²) in [5.74, 6) is 0.777. The summed E-state index contributed by atoms with van der Waals surface area (Å²) in [5.41, 5.74) is 1.65. The van der Waals surface area contributed by atoms with E-state index in [4.69, 9.17) is 4.74 Å². The van der Waals surface area contributed by atoms with Crippen LogP contribution < -0.4 is 10.1 Å². The number of benzene rings is 1. The summed E-state index contributed by atoms with van der Waals surface area (Å²) < 4.78 is 5.17. The predicted molar refractivity (Wildman–Crippen MR) is 73.2 cm³/mol. The van der Waals surface area contributed by atoms with Crippen molar-refractivity contribution in [2.45, 2.75) is 13.3 Å². The van der Waals surface area contributed by atoms with Gasteiger partial charge in [-0.1, -0.05) is 0 Å². The Morgan fingerprint density at radius 3 is 2.67 bits per heavy atom. The van der Waals surface area contributed by atoms with Crippen molar-refractivity contribution in [1.29, 1.82) is 0 Å². The van der Waals surface area contributed by atoms with Crippen molar-refractivity contribution in [2.75, 3.05) is 34.3 Å². The number of hydrogen-bond donors (Lipinski definition) is 1. The number of aryl methyl sites for hydroxylation is 1. The van der Waals surface area contributed by atoms with Gasteiger partial charge in [0.1, 0.15) is 5.75 Å². The zero-order chi connectivity index (χ0) is 13.5. The van der Waals surface area contributed by atoms with Gasteiger partial charge in [-0.3, -0.25) is 4.79 Å². The summed E-state index contributed by atoms with van der Waals surface area (Å²) in [4.78, 5) is 14.0. The Morgan fingerprint density at radius 1 is 1.39 bits per heavy atom. The molecule has 18 heavy (non-hydrogen) atoms. The van der Waals surface area contributed by atoms with Crippen molar-refractivity contribution in [3.8, 4) is 5.75 Å². The molecule has 1 aromatic carbocycles. The standard InChI is InChI=1S/C14H22N2O2/c1-11-10-12(6-7-13(11)18-4)14(17)15-8-5-9-16(2)3/h6-7,10H,5,8-9H2,1-4H3,(H,15,17). The largest absolute Gasteiger partial charge is 0.496 e. The fourth-order valence-electron chi connectivity index (χ4n) is 1.72. The Kier molecular flexibility index (Phi) is 5.65. The van der Waals surface area contributed by atoms with Crippen molar-refractivity contribution < 1.29 is 9.53 Å². The van der Waals surface area contributed by atoms with Gasteiger partial charge in [0, 0.05) is 12.1 Å². The molecule has 0 spiro atoms. The molecule has 0 aliphatic carbocycles. The topological polar surface area (TPSA) is 41.6 Å². The second kappa shape index (κ2) is 7.01. The van der Waals surface area contributed by atoms with Crippen LogP contribution in [0.4, 0.5) is 0 Å². The number of methoxy groups -OCH3 is 1. The molecule has 0 aromatic heterocycles. The number of carbonyl (C=O) groups excluding carboxylic acids is 1. The Hall–Kier alpha value is -1.55. The van der Waals surface area contributed by atoms with Gasteiger partial charge in [-0.05, 0) is 57.7 Å². The summed E-state index contributed by atoms with van der Waals surface area (Å²) in [6.07, 6.45) is 0.952. The monoisotopic (exact) mass is 250 g/mol. The molecular weight excluding hydrogens is 228 g/mol. The molecule has 0 bridgehead atoms. The maximum absolute atomic E-state index is 11.9. The highest BCUT2D eigenvalue weighted by atomic mass is 16.5. The van der Waals surface area contributed by atoms with E-state index >= 15 is 0 Å². The van der Waals surface area contributed by atoms with Crippen LogP contribution in [0.25, 0.3) is 0 Å². The van der Waals surface area contributed by atoms with E-state index in [1.165, 1.54) is 0 Å². The van der Waals surface area contributed by atoms with E-state index in [0.29, 0.717) is 12.1 Å². The zero-order valence-corrected chi connectivity index (χ0v) is 11.6. The molecule has 0 saturated heterocycles. The van der Waals surface area contributed by atoms with E-state index in [2.05, 4.69) is 10.2 Å². The van der Waals surface area contributed by atoms with E-state index in [1.54, 1.807) is 13.2 Å². The molecule has 0 heterocycles. The highest BCUT2D eigenvalue weighted by Gasteiger charge is 2.07. The first-order valence-corrected chi connectivity index (χ1v) is 6.12. The van der Waals surface area contributed by atoms with Gasteiger partial charge in [0.05, 0.1) is 7.11 Å². The average Bonchev–Trinajstić information content (AvgIpc) is 2.34. The summed E-state index contributed by atoms with van der Waals surface area (Å²) >= 11 is 0. The van der Waals surface area contributed by atoms with Crippen molar-refractivity contribution in [3.63, 3.8) is 0 Å². The maximum atomic E-state index is 11.9. The number of nitrogens with zero attached hydrogens (tertiary/aromatic N) is 1. The maximum Gasteiger partial charge on any atom is 0.251 e. The zero-order valence-electron chi connectivity index (χ0n) is 11.6. The van der Waals surface area contributed by atoms with Crippen molar-refractivity contribution >= 4 is 5.91 Å². The third kappa shape index (κ3) is 4.37. The number of amides is 1. The third-order valence-electron chi connectivity index (χ3n) is 2.72. The van der Waals surface area contributed by atoms with Crippen LogP contribution in [0.1, 0.15) is 22.3 Å². The number of carbonyl (C=O) groups is 1. The summed E-state index contributed by atoms with van der Waals surface area (Å²) in [7, 11) is 5.67. The lowest BCUT2D eigenvalue weighted by Crippen LogP contribution is -2.27. The van der Waals surface area contributed by atoms with Crippen LogP contribution in [0.2, 0.25) is 0 Å². The lowest BCUT2D eigenvalue weighted by atomic mass is 10.1. The van der Waals surface area contributed by atoms with Crippen LogP contribution in [0, 0.1) is 6.92 Å². The van der Waals surface area contributed by atoms with Crippen LogP contribution >= 0.6 is 0 Å². The molecular formula is C14H22N2O2. The first-order chi connectivity index (χ1) is 8.54. The predicted octanol–water partition coefficient (Wildman–Crippen LogP) is 1.69. The van der Waals surface area contributed by atoms with Crippen molar-refractivity contribution in [3.05, 3.63) is 29.3 Å².